The first-order valence-corrected chi connectivity index (χ1v) is 13.1. The molecule has 2 atom stereocenters. The Bertz CT molecular complexity index is 1330. The second-order valence-electron chi connectivity index (χ2n) is 10.4. The maximum Gasteiger partial charge on any atom is 0.415 e. The molecule has 9 heteroatoms. The first-order chi connectivity index (χ1) is 17.9. The number of nitrogens with zero attached hydrogens (tertiary/aromatic N) is 4. The van der Waals surface area contributed by atoms with E-state index in [4.69, 9.17) is 16.0 Å². The van der Waals surface area contributed by atoms with Crippen LogP contribution in [0.5, 0.6) is 5.88 Å². The summed E-state index contributed by atoms with van der Waals surface area (Å²) in [5.41, 5.74) is 2.08. The van der Waals surface area contributed by atoms with Gasteiger partial charge in [-0.15, -0.1) is 0 Å². The molecule has 1 aliphatic heterocycles. The number of hydrogen-bond donors (Lipinski definition) is 1. The summed E-state index contributed by atoms with van der Waals surface area (Å²) >= 11 is 0. The number of aromatic amines is 1. The smallest absolute Gasteiger partial charge is 0.415 e. The lowest BCUT2D eigenvalue weighted by molar-refractivity contribution is -0.0159. The predicted octanol–water partition coefficient (Wildman–Crippen LogP) is 6.15. The van der Waals surface area contributed by atoms with Crippen LogP contribution in [0.1, 0.15) is 68.3 Å². The fourth-order valence-electron chi connectivity index (χ4n) is 5.49. The van der Waals surface area contributed by atoms with Gasteiger partial charge < -0.3 is 14.4 Å². The van der Waals surface area contributed by atoms with Gasteiger partial charge in [-0.1, -0.05) is 50.1 Å². The molecule has 2 unspecified atom stereocenters. The van der Waals surface area contributed by atoms with Crippen LogP contribution in [-0.4, -0.2) is 50.8 Å². The Morgan fingerprint density at radius 3 is 2.38 bits per heavy atom. The summed E-state index contributed by atoms with van der Waals surface area (Å²) in [6.07, 6.45) is 5.19. The van der Waals surface area contributed by atoms with Crippen molar-refractivity contribution in [3.8, 4) is 17.3 Å². The van der Waals surface area contributed by atoms with Gasteiger partial charge in [0.25, 0.3) is 5.69 Å². The first kappa shape index (κ1) is 24.9. The van der Waals surface area contributed by atoms with Gasteiger partial charge in [-0.3, -0.25) is 5.10 Å². The molecule has 1 N–H and O–H groups in total. The third-order valence-corrected chi connectivity index (χ3v) is 7.64. The summed E-state index contributed by atoms with van der Waals surface area (Å²) < 4.78 is 13.2. The standard InChI is InChI=1S/C28H33N5O4/c1-17-11-13-20(14-12-17)24-30-25-21(27(34)36-23-18(2)9-8-10-19(23)3)22(29-4)26(33(25)31-24)37-28(35)32-15-6-5-7-16-32/h11-14,18-19,23H,5-10,15-16H2,1-3H3,(H,30,31). The number of aromatic nitrogens is 3. The lowest BCUT2D eigenvalue weighted by Crippen LogP contribution is -2.37. The number of hydrogen-bond acceptors (Lipinski definition) is 5. The molecule has 1 aliphatic carbocycles. The maximum atomic E-state index is 13.6. The number of ether oxygens (including phenoxy) is 2. The Balaban J connectivity index is 1.57. The monoisotopic (exact) mass is 503 g/mol. The number of carbonyl (C=O) groups excluding carboxylic acids is 2. The van der Waals surface area contributed by atoms with E-state index < -0.39 is 12.1 Å². The summed E-state index contributed by atoms with van der Waals surface area (Å²) in [6.45, 7) is 15.3. The number of likely N-dealkylation sites (tertiary alicyclic amines) is 1. The Hall–Kier alpha value is -3.80. The maximum absolute atomic E-state index is 13.6. The lowest BCUT2D eigenvalue weighted by atomic mass is 9.80. The summed E-state index contributed by atoms with van der Waals surface area (Å²) in [5.74, 6) is 0.288. The molecule has 37 heavy (non-hydrogen) atoms. The predicted molar refractivity (Wildman–Crippen MR) is 139 cm³/mol. The van der Waals surface area contributed by atoms with Gasteiger partial charge in [0.1, 0.15) is 11.7 Å². The van der Waals surface area contributed by atoms with E-state index in [1.165, 1.54) is 4.52 Å². The fourth-order valence-corrected chi connectivity index (χ4v) is 5.49. The van der Waals surface area contributed by atoms with Gasteiger partial charge in [0, 0.05) is 18.7 Å². The van der Waals surface area contributed by atoms with Crippen molar-refractivity contribution in [1.29, 1.82) is 0 Å². The van der Waals surface area contributed by atoms with Gasteiger partial charge in [0.15, 0.2) is 11.5 Å². The van der Waals surface area contributed by atoms with Crippen molar-refractivity contribution in [2.24, 2.45) is 11.8 Å². The second-order valence-corrected chi connectivity index (χ2v) is 10.4. The minimum Gasteiger partial charge on any atom is -0.459 e. The molecular weight excluding hydrogens is 470 g/mol. The average molecular weight is 504 g/mol. The molecule has 194 valence electrons. The van der Waals surface area contributed by atoms with Crippen molar-refractivity contribution in [2.45, 2.75) is 65.4 Å². The number of rotatable bonds is 4. The largest absolute Gasteiger partial charge is 0.459 e. The highest BCUT2D eigenvalue weighted by molar-refractivity contribution is 6.05. The highest BCUT2D eigenvalue weighted by Crippen LogP contribution is 2.40. The van der Waals surface area contributed by atoms with E-state index in [0.29, 0.717) is 18.9 Å². The van der Waals surface area contributed by atoms with Gasteiger partial charge in [0.2, 0.25) is 5.88 Å². The minimum atomic E-state index is -0.615. The molecule has 3 aromatic rings. The molecule has 1 saturated heterocycles. The molecule has 3 heterocycles. The first-order valence-electron chi connectivity index (χ1n) is 13.1. The van der Waals surface area contributed by atoms with E-state index in [-0.39, 0.29) is 40.7 Å². The number of fused-ring (bicyclic) bond motifs is 1. The van der Waals surface area contributed by atoms with Crippen molar-refractivity contribution in [1.82, 2.24) is 19.5 Å². The number of esters is 1. The van der Waals surface area contributed by atoms with E-state index in [1.807, 2.05) is 31.2 Å². The third-order valence-electron chi connectivity index (χ3n) is 7.64. The van der Waals surface area contributed by atoms with Crippen molar-refractivity contribution < 1.29 is 19.1 Å². The zero-order valence-corrected chi connectivity index (χ0v) is 21.6. The molecule has 0 radical (unpaired) electrons. The van der Waals surface area contributed by atoms with Gasteiger partial charge in [-0.25, -0.2) is 23.9 Å². The van der Waals surface area contributed by atoms with Crippen LogP contribution >= 0.6 is 0 Å². The fraction of sp³-hybridized carbons (Fsp3) is 0.500. The molecule has 9 nitrogen and oxygen atoms in total. The Labute approximate surface area is 216 Å². The summed E-state index contributed by atoms with van der Waals surface area (Å²) in [7, 11) is 0. The zero-order chi connectivity index (χ0) is 26.1. The zero-order valence-electron chi connectivity index (χ0n) is 21.6. The second kappa shape index (κ2) is 10.3. The molecule has 5 rings (SSSR count). The molecule has 2 aliphatic rings. The van der Waals surface area contributed by atoms with Crippen molar-refractivity contribution >= 4 is 23.4 Å². The van der Waals surface area contributed by atoms with E-state index in [9.17, 15) is 9.59 Å². The van der Waals surface area contributed by atoms with Crippen LogP contribution in [0.3, 0.4) is 0 Å². The van der Waals surface area contributed by atoms with Crippen LogP contribution in [0, 0.1) is 25.3 Å². The van der Waals surface area contributed by atoms with E-state index in [0.717, 1.165) is 49.7 Å². The number of piperidine rings is 1. The summed E-state index contributed by atoms with van der Waals surface area (Å²) in [6, 6.07) is 7.78. The van der Waals surface area contributed by atoms with Gasteiger partial charge in [0.05, 0.1) is 6.57 Å². The number of nitrogens with one attached hydrogen (secondary N) is 1. The molecule has 1 amide bonds. The van der Waals surface area contributed by atoms with Crippen LogP contribution in [-0.2, 0) is 4.74 Å². The number of carbonyl (C=O) groups is 2. The van der Waals surface area contributed by atoms with Crippen molar-refractivity contribution in [3.63, 3.8) is 0 Å². The number of benzene rings is 1. The molecule has 1 saturated carbocycles. The van der Waals surface area contributed by atoms with Crippen LogP contribution in [0.25, 0.3) is 21.9 Å². The van der Waals surface area contributed by atoms with E-state index >= 15 is 0 Å². The number of amides is 1. The van der Waals surface area contributed by atoms with Crippen LogP contribution in [0.4, 0.5) is 10.5 Å². The number of aryl methyl sites for hydroxylation is 1. The Kier molecular flexibility index (Phi) is 6.92. The average Bonchev–Trinajstić information content (AvgIpc) is 3.44. The summed E-state index contributed by atoms with van der Waals surface area (Å²) in [4.78, 5) is 36.5. The number of H-pyrrole nitrogens is 1. The summed E-state index contributed by atoms with van der Waals surface area (Å²) in [5, 5.41) is 3.14. The van der Waals surface area contributed by atoms with Crippen LogP contribution < -0.4 is 4.74 Å². The molecule has 2 aromatic heterocycles. The van der Waals surface area contributed by atoms with Crippen molar-refractivity contribution in [3.05, 3.63) is 46.8 Å². The topological polar surface area (TPSA) is 93.3 Å². The van der Waals surface area contributed by atoms with Crippen molar-refractivity contribution in [2.75, 3.05) is 13.1 Å². The molecule has 0 bridgehead atoms. The van der Waals surface area contributed by atoms with Gasteiger partial charge in [-0.05, 0) is 50.9 Å². The Morgan fingerprint density at radius 1 is 1.05 bits per heavy atom. The normalized spacial score (nSPS) is 22.0. The molecule has 2 fully saturated rings. The quantitative estimate of drug-likeness (QED) is 0.340. The highest BCUT2D eigenvalue weighted by atomic mass is 16.6. The molecule has 1 aromatic carbocycles. The van der Waals surface area contributed by atoms with Crippen LogP contribution in [0.15, 0.2) is 24.3 Å². The SMILES string of the molecule is [C-]#[N+]c1c(C(=O)OC2C(C)CCCC2C)c2nc(-c3ccc(C)cc3)[nH]n2c1OC(=O)N1CCCCC1. The molecule has 0 spiro atoms. The third kappa shape index (κ3) is 4.80. The van der Waals surface area contributed by atoms with E-state index in [2.05, 4.69) is 28.8 Å². The van der Waals surface area contributed by atoms with Crippen LogP contribution in [0.2, 0.25) is 0 Å². The lowest BCUT2D eigenvalue weighted by Gasteiger charge is -2.33. The van der Waals surface area contributed by atoms with Gasteiger partial charge >= 0.3 is 12.1 Å². The van der Waals surface area contributed by atoms with E-state index in [1.54, 1.807) is 4.90 Å². The molecular formula is C28H33N5O4. The Morgan fingerprint density at radius 2 is 1.73 bits per heavy atom. The highest BCUT2D eigenvalue weighted by Gasteiger charge is 2.36. The minimum absolute atomic E-state index is 0.0241. The van der Waals surface area contributed by atoms with Gasteiger partial charge in [-0.2, -0.15) is 0 Å².